The maximum atomic E-state index is 13.3. The van der Waals surface area contributed by atoms with Gasteiger partial charge in [-0.3, -0.25) is 19.1 Å². The Bertz CT molecular complexity index is 977. The van der Waals surface area contributed by atoms with Crippen LogP contribution >= 0.6 is 0 Å². The van der Waals surface area contributed by atoms with E-state index >= 15 is 0 Å². The molecule has 3 N–H and O–H groups in total. The zero-order valence-electron chi connectivity index (χ0n) is 19.8. The van der Waals surface area contributed by atoms with Gasteiger partial charge in [-0.2, -0.15) is 0 Å². The first-order chi connectivity index (χ1) is 16.0. The molecule has 2 saturated carbocycles. The van der Waals surface area contributed by atoms with Crippen molar-refractivity contribution in [3.8, 4) is 0 Å². The van der Waals surface area contributed by atoms with Gasteiger partial charge < -0.3 is 20.1 Å². The molecular formula is C23H35N3O7S. The van der Waals surface area contributed by atoms with Crippen molar-refractivity contribution in [2.24, 2.45) is 5.92 Å². The number of rotatable bonds is 4. The Hall–Kier alpha value is -1.98. The number of ether oxygens (including phenoxy) is 1. The Labute approximate surface area is 200 Å². The number of carbonyl (C=O) groups is 3. The zero-order chi connectivity index (χ0) is 24.7. The van der Waals surface area contributed by atoms with E-state index in [1.54, 1.807) is 6.92 Å². The number of hydrogen-bond acceptors (Lipinski definition) is 7. The van der Waals surface area contributed by atoms with Crippen LogP contribution in [-0.2, 0) is 29.1 Å². The van der Waals surface area contributed by atoms with Crippen LogP contribution in [0.2, 0.25) is 0 Å². The summed E-state index contributed by atoms with van der Waals surface area (Å²) in [6, 6.07) is -0.933. The van der Waals surface area contributed by atoms with E-state index in [0.717, 1.165) is 6.42 Å². The smallest absolute Gasteiger partial charge is 0.259 e. The molecule has 11 heteroatoms. The Morgan fingerprint density at radius 1 is 1.35 bits per heavy atom. The Morgan fingerprint density at radius 2 is 2.09 bits per heavy atom. The van der Waals surface area contributed by atoms with Crippen LogP contribution < -0.4 is 10.0 Å². The summed E-state index contributed by atoms with van der Waals surface area (Å²) in [5.74, 6) is -1.95. The second-order valence-electron chi connectivity index (χ2n) is 10.3. The maximum absolute atomic E-state index is 13.3. The van der Waals surface area contributed by atoms with E-state index in [2.05, 4.69) is 10.0 Å². The number of hydrogen-bond donors (Lipinski definition) is 3. The standard InChI is InChI=1S/C23H35N3O7S/c1-3-17-12-19(28)26-14-16(27)11-18(26)20(29)24-23(13-15(23)7-5-4-6-10-33-17)21(30)25-34(31,32)22(2)8-9-22/h5,7,15-18,27H,3-4,6,8-14H2,1-2H3,(H,24,29)(H,25,30). The van der Waals surface area contributed by atoms with Crippen LogP contribution in [0, 0.1) is 5.92 Å². The van der Waals surface area contributed by atoms with Crippen molar-refractivity contribution in [3.63, 3.8) is 0 Å². The molecule has 10 nitrogen and oxygen atoms in total. The number of sulfonamides is 1. The minimum Gasteiger partial charge on any atom is -0.391 e. The summed E-state index contributed by atoms with van der Waals surface area (Å²) < 4.78 is 32.4. The normalized spacial score (nSPS) is 35.9. The molecule has 190 valence electrons. The van der Waals surface area contributed by atoms with Crippen molar-refractivity contribution in [2.75, 3.05) is 13.2 Å². The van der Waals surface area contributed by atoms with E-state index in [1.807, 2.05) is 19.1 Å². The highest BCUT2D eigenvalue weighted by Crippen LogP contribution is 2.47. The van der Waals surface area contributed by atoms with Crippen molar-refractivity contribution < 1.29 is 32.6 Å². The summed E-state index contributed by atoms with van der Waals surface area (Å²) in [5.41, 5.74) is -1.39. The molecule has 2 heterocycles. The predicted octanol–water partition coefficient (Wildman–Crippen LogP) is 0.357. The van der Waals surface area contributed by atoms with Crippen molar-refractivity contribution in [1.82, 2.24) is 14.9 Å². The van der Waals surface area contributed by atoms with Gasteiger partial charge in [0, 0.05) is 25.5 Å². The molecule has 4 rings (SSSR count). The van der Waals surface area contributed by atoms with Crippen molar-refractivity contribution >= 4 is 27.7 Å². The number of nitrogens with zero attached hydrogens (tertiary/aromatic N) is 1. The number of aliphatic hydroxyl groups excluding tert-OH is 1. The average molecular weight is 498 g/mol. The largest absolute Gasteiger partial charge is 0.391 e. The van der Waals surface area contributed by atoms with Crippen molar-refractivity contribution in [2.45, 2.75) is 93.7 Å². The molecule has 2 aliphatic heterocycles. The minimum absolute atomic E-state index is 0.0304. The fourth-order valence-electron chi connectivity index (χ4n) is 4.75. The molecule has 0 spiro atoms. The zero-order valence-corrected chi connectivity index (χ0v) is 20.6. The highest BCUT2D eigenvalue weighted by molar-refractivity contribution is 7.91. The summed E-state index contributed by atoms with van der Waals surface area (Å²) in [4.78, 5) is 40.8. The first-order valence-corrected chi connectivity index (χ1v) is 13.6. The quantitative estimate of drug-likeness (QED) is 0.476. The van der Waals surface area contributed by atoms with Crippen LogP contribution in [0.4, 0.5) is 0 Å². The Balaban J connectivity index is 1.58. The van der Waals surface area contributed by atoms with Gasteiger partial charge >= 0.3 is 0 Å². The molecule has 3 fully saturated rings. The summed E-state index contributed by atoms with van der Waals surface area (Å²) in [5, 5.41) is 13.0. The lowest BCUT2D eigenvalue weighted by Crippen LogP contribution is -2.57. The molecule has 0 aromatic rings. The molecule has 0 aromatic carbocycles. The predicted molar refractivity (Wildman–Crippen MR) is 123 cm³/mol. The van der Waals surface area contributed by atoms with Gasteiger partial charge in [0.1, 0.15) is 11.6 Å². The van der Waals surface area contributed by atoms with E-state index in [1.165, 1.54) is 4.90 Å². The van der Waals surface area contributed by atoms with Gasteiger partial charge in [-0.1, -0.05) is 19.1 Å². The summed E-state index contributed by atoms with van der Waals surface area (Å²) >= 11 is 0. The maximum Gasteiger partial charge on any atom is 0.259 e. The fraction of sp³-hybridized carbons (Fsp3) is 0.783. The number of fused-ring (bicyclic) bond motifs is 2. The van der Waals surface area contributed by atoms with Gasteiger partial charge in [-0.05, 0) is 45.4 Å². The molecule has 5 atom stereocenters. The fourth-order valence-corrected chi connectivity index (χ4v) is 6.06. The topological polar surface area (TPSA) is 142 Å². The van der Waals surface area contributed by atoms with E-state index in [9.17, 15) is 27.9 Å². The van der Waals surface area contributed by atoms with E-state index in [0.29, 0.717) is 32.3 Å². The summed E-state index contributed by atoms with van der Waals surface area (Å²) in [6.07, 6.45) is 6.11. The molecule has 0 bridgehead atoms. The van der Waals surface area contributed by atoms with E-state index < -0.39 is 44.3 Å². The summed E-state index contributed by atoms with van der Waals surface area (Å²) in [6.45, 7) is 4.03. The molecule has 34 heavy (non-hydrogen) atoms. The highest BCUT2D eigenvalue weighted by atomic mass is 32.2. The van der Waals surface area contributed by atoms with Crippen LogP contribution in [0.3, 0.4) is 0 Å². The number of amides is 3. The Kier molecular flexibility index (Phi) is 6.82. The lowest BCUT2D eigenvalue weighted by atomic mass is 10.1. The highest BCUT2D eigenvalue weighted by Gasteiger charge is 2.63. The molecule has 3 amide bonds. The number of nitrogens with one attached hydrogen (secondary N) is 2. The van der Waals surface area contributed by atoms with Crippen LogP contribution in [0.1, 0.15) is 65.2 Å². The van der Waals surface area contributed by atoms with Gasteiger partial charge in [0.2, 0.25) is 21.8 Å². The van der Waals surface area contributed by atoms with E-state index in [-0.39, 0.29) is 43.7 Å². The second-order valence-corrected chi connectivity index (χ2v) is 12.5. The van der Waals surface area contributed by atoms with Crippen molar-refractivity contribution in [1.29, 1.82) is 0 Å². The third-order valence-corrected chi connectivity index (χ3v) is 9.75. The molecule has 2 aliphatic carbocycles. The molecule has 0 radical (unpaired) electrons. The molecule has 4 aliphatic rings. The van der Waals surface area contributed by atoms with E-state index in [4.69, 9.17) is 4.74 Å². The molecule has 0 aromatic heterocycles. The van der Waals surface area contributed by atoms with Crippen LogP contribution in [0.25, 0.3) is 0 Å². The lowest BCUT2D eigenvalue weighted by Gasteiger charge is -2.28. The van der Waals surface area contributed by atoms with Gasteiger partial charge in [-0.15, -0.1) is 0 Å². The third kappa shape index (κ3) is 4.87. The number of aliphatic hydroxyl groups is 1. The van der Waals surface area contributed by atoms with Crippen LogP contribution in [-0.4, -0.2) is 77.8 Å². The first-order valence-electron chi connectivity index (χ1n) is 12.2. The number of allylic oxidation sites excluding steroid dienone is 1. The van der Waals surface area contributed by atoms with Crippen molar-refractivity contribution in [3.05, 3.63) is 12.2 Å². The number of carbonyl (C=O) groups excluding carboxylic acids is 3. The second kappa shape index (κ2) is 9.23. The van der Waals surface area contributed by atoms with Gasteiger partial charge in [-0.25, -0.2) is 8.42 Å². The minimum atomic E-state index is -3.87. The summed E-state index contributed by atoms with van der Waals surface area (Å²) in [7, 11) is -3.87. The monoisotopic (exact) mass is 497 g/mol. The first kappa shape index (κ1) is 25.1. The lowest BCUT2D eigenvalue weighted by molar-refractivity contribution is -0.141. The molecular weight excluding hydrogens is 462 g/mol. The van der Waals surface area contributed by atoms with Gasteiger partial charge in [0.15, 0.2) is 0 Å². The average Bonchev–Trinajstić information content (AvgIpc) is 3.65. The van der Waals surface area contributed by atoms with Gasteiger partial charge in [0.05, 0.1) is 23.4 Å². The molecule has 1 saturated heterocycles. The third-order valence-electron chi connectivity index (χ3n) is 7.59. The van der Waals surface area contributed by atoms with Crippen LogP contribution in [0.5, 0.6) is 0 Å². The Morgan fingerprint density at radius 3 is 2.76 bits per heavy atom. The SMILES string of the molecule is CCC1CC(=O)N2CC(O)CC2C(=O)NC2(C(=O)NS(=O)(=O)C3(C)CC3)CC2C=CCCCO1. The van der Waals surface area contributed by atoms with Crippen LogP contribution in [0.15, 0.2) is 12.2 Å². The molecule has 5 unspecified atom stereocenters. The van der Waals surface area contributed by atoms with Gasteiger partial charge in [0.25, 0.3) is 5.91 Å².